The van der Waals surface area contributed by atoms with Gasteiger partial charge in [0.05, 0.1) is 24.7 Å². The van der Waals surface area contributed by atoms with Crippen molar-refractivity contribution in [2.24, 2.45) is 0 Å². The van der Waals surface area contributed by atoms with Gasteiger partial charge in [-0.05, 0) is 29.8 Å². The number of carbonyl (C=O) groups is 2. The lowest BCUT2D eigenvalue weighted by Crippen LogP contribution is -2.23. The van der Waals surface area contributed by atoms with Crippen molar-refractivity contribution in [1.29, 1.82) is 0 Å². The molecule has 0 saturated heterocycles. The fraction of sp³-hybridized carbons (Fsp3) is 0.176. The summed E-state index contributed by atoms with van der Waals surface area (Å²) in [4.78, 5) is 34.1. The SMILES string of the molecule is COC(=O)c1ccc(CNC(=O)c2cc(OC)ccc2[N+](=O)[O-])cc1. The fourth-order valence-electron chi connectivity index (χ4n) is 2.14. The van der Waals surface area contributed by atoms with Gasteiger partial charge in [-0.15, -0.1) is 0 Å². The number of ether oxygens (including phenoxy) is 2. The number of hydrogen-bond acceptors (Lipinski definition) is 6. The first-order valence-electron chi connectivity index (χ1n) is 7.24. The number of amides is 1. The van der Waals surface area contributed by atoms with E-state index in [0.717, 1.165) is 5.56 Å². The van der Waals surface area contributed by atoms with Crippen molar-refractivity contribution in [2.75, 3.05) is 14.2 Å². The maximum atomic E-state index is 12.3. The van der Waals surface area contributed by atoms with Gasteiger partial charge in [0.25, 0.3) is 11.6 Å². The topological polar surface area (TPSA) is 108 Å². The predicted molar refractivity (Wildman–Crippen MR) is 88.6 cm³/mol. The molecule has 0 saturated carbocycles. The Morgan fingerprint density at radius 2 is 1.80 bits per heavy atom. The van der Waals surface area contributed by atoms with Crippen molar-refractivity contribution in [3.05, 3.63) is 69.3 Å². The molecule has 1 N–H and O–H groups in total. The summed E-state index contributed by atoms with van der Waals surface area (Å²) in [5, 5.41) is 13.7. The zero-order valence-corrected chi connectivity index (χ0v) is 13.6. The summed E-state index contributed by atoms with van der Waals surface area (Å²) >= 11 is 0. The standard InChI is InChI=1S/C17H16N2O6/c1-24-13-7-8-15(19(22)23)14(9-13)16(20)18-10-11-3-5-12(6-4-11)17(21)25-2/h3-9H,10H2,1-2H3,(H,18,20). The maximum Gasteiger partial charge on any atom is 0.337 e. The number of nitrogens with zero attached hydrogens (tertiary/aromatic N) is 1. The van der Waals surface area contributed by atoms with Gasteiger partial charge < -0.3 is 14.8 Å². The Hall–Kier alpha value is -3.42. The second-order valence-corrected chi connectivity index (χ2v) is 5.01. The minimum Gasteiger partial charge on any atom is -0.497 e. The number of esters is 1. The van der Waals surface area contributed by atoms with Crippen molar-refractivity contribution in [2.45, 2.75) is 6.54 Å². The van der Waals surface area contributed by atoms with Crippen LogP contribution in [-0.4, -0.2) is 31.0 Å². The number of nitro groups is 1. The maximum absolute atomic E-state index is 12.3. The van der Waals surface area contributed by atoms with E-state index in [1.807, 2.05) is 0 Å². The van der Waals surface area contributed by atoms with Gasteiger partial charge in [0.1, 0.15) is 11.3 Å². The highest BCUT2D eigenvalue weighted by molar-refractivity contribution is 5.98. The molecular weight excluding hydrogens is 328 g/mol. The molecule has 1 amide bonds. The number of hydrogen-bond donors (Lipinski definition) is 1. The van der Waals surface area contributed by atoms with E-state index >= 15 is 0 Å². The van der Waals surface area contributed by atoms with Gasteiger partial charge in [-0.2, -0.15) is 0 Å². The van der Waals surface area contributed by atoms with Crippen molar-refractivity contribution in [1.82, 2.24) is 5.32 Å². The number of nitro benzene ring substituents is 1. The summed E-state index contributed by atoms with van der Waals surface area (Å²) in [7, 11) is 2.70. The van der Waals surface area contributed by atoms with Crippen LogP contribution in [0.3, 0.4) is 0 Å². The third-order valence-electron chi connectivity index (χ3n) is 3.47. The normalized spacial score (nSPS) is 10.0. The molecule has 0 atom stereocenters. The lowest BCUT2D eigenvalue weighted by atomic mass is 10.1. The van der Waals surface area contributed by atoms with E-state index in [1.165, 1.54) is 32.4 Å². The third kappa shape index (κ3) is 4.31. The van der Waals surface area contributed by atoms with Crippen molar-refractivity contribution in [3.8, 4) is 5.75 Å². The van der Waals surface area contributed by atoms with E-state index in [4.69, 9.17) is 4.74 Å². The molecule has 0 unspecified atom stereocenters. The predicted octanol–water partition coefficient (Wildman–Crippen LogP) is 2.32. The molecular formula is C17H16N2O6. The Bertz CT molecular complexity index is 801. The third-order valence-corrected chi connectivity index (χ3v) is 3.47. The molecule has 0 aliphatic carbocycles. The van der Waals surface area contributed by atoms with E-state index in [1.54, 1.807) is 24.3 Å². The van der Waals surface area contributed by atoms with Gasteiger partial charge >= 0.3 is 5.97 Å². The van der Waals surface area contributed by atoms with Gasteiger partial charge in [0, 0.05) is 12.6 Å². The van der Waals surface area contributed by atoms with Gasteiger partial charge in [0.15, 0.2) is 0 Å². The Labute approximate surface area is 143 Å². The molecule has 0 fully saturated rings. The summed E-state index contributed by atoms with van der Waals surface area (Å²) in [6.45, 7) is 0.147. The van der Waals surface area contributed by atoms with Crippen molar-refractivity contribution < 1.29 is 24.0 Å². The molecule has 2 rings (SSSR count). The summed E-state index contributed by atoms with van der Waals surface area (Å²) in [5.41, 5.74) is 0.724. The van der Waals surface area contributed by atoms with Crippen LogP contribution < -0.4 is 10.1 Å². The van der Waals surface area contributed by atoms with Crippen LogP contribution >= 0.6 is 0 Å². The number of nitrogens with one attached hydrogen (secondary N) is 1. The summed E-state index contributed by atoms with van der Waals surface area (Å²) < 4.78 is 9.61. The van der Waals surface area contributed by atoms with Crippen LogP contribution in [0.2, 0.25) is 0 Å². The van der Waals surface area contributed by atoms with E-state index in [0.29, 0.717) is 11.3 Å². The zero-order chi connectivity index (χ0) is 18.4. The smallest absolute Gasteiger partial charge is 0.337 e. The molecule has 0 aliphatic heterocycles. The summed E-state index contributed by atoms with van der Waals surface area (Å²) in [6, 6.07) is 10.4. The molecule has 0 radical (unpaired) electrons. The number of benzene rings is 2. The van der Waals surface area contributed by atoms with Crippen LogP contribution in [0.5, 0.6) is 5.75 Å². The van der Waals surface area contributed by atoms with E-state index in [-0.39, 0.29) is 17.8 Å². The molecule has 25 heavy (non-hydrogen) atoms. The second-order valence-electron chi connectivity index (χ2n) is 5.01. The lowest BCUT2D eigenvalue weighted by molar-refractivity contribution is -0.385. The molecule has 0 aliphatic rings. The first kappa shape index (κ1) is 17.9. The first-order chi connectivity index (χ1) is 12.0. The molecule has 0 aromatic heterocycles. The number of rotatable bonds is 6. The average molecular weight is 344 g/mol. The minimum absolute atomic E-state index is 0.0875. The van der Waals surface area contributed by atoms with Crippen LogP contribution in [0.15, 0.2) is 42.5 Å². The first-order valence-corrected chi connectivity index (χ1v) is 7.24. The van der Waals surface area contributed by atoms with E-state index < -0.39 is 16.8 Å². The Kier molecular flexibility index (Phi) is 5.67. The quantitative estimate of drug-likeness (QED) is 0.489. The van der Waals surface area contributed by atoms with Crippen LogP contribution in [0, 0.1) is 10.1 Å². The summed E-state index contributed by atoms with van der Waals surface area (Å²) in [6.07, 6.45) is 0. The fourth-order valence-corrected chi connectivity index (χ4v) is 2.14. The second kappa shape index (κ2) is 7.91. The van der Waals surface area contributed by atoms with Crippen LogP contribution in [0.1, 0.15) is 26.3 Å². The Morgan fingerprint density at radius 3 is 2.36 bits per heavy atom. The Balaban J connectivity index is 2.12. The highest BCUT2D eigenvalue weighted by Crippen LogP contribution is 2.24. The van der Waals surface area contributed by atoms with E-state index in [9.17, 15) is 19.7 Å². The molecule has 0 spiro atoms. The van der Waals surface area contributed by atoms with Gasteiger partial charge in [-0.1, -0.05) is 12.1 Å². The monoisotopic (exact) mass is 344 g/mol. The van der Waals surface area contributed by atoms with Crippen LogP contribution in [0.25, 0.3) is 0 Å². The number of carbonyl (C=O) groups excluding carboxylic acids is 2. The van der Waals surface area contributed by atoms with Crippen LogP contribution in [-0.2, 0) is 11.3 Å². The van der Waals surface area contributed by atoms with Gasteiger partial charge in [0.2, 0.25) is 0 Å². The number of methoxy groups -OCH3 is 2. The molecule has 0 heterocycles. The van der Waals surface area contributed by atoms with E-state index in [2.05, 4.69) is 10.1 Å². The average Bonchev–Trinajstić information content (AvgIpc) is 2.65. The van der Waals surface area contributed by atoms with Crippen LogP contribution in [0.4, 0.5) is 5.69 Å². The molecule has 0 bridgehead atoms. The zero-order valence-electron chi connectivity index (χ0n) is 13.6. The minimum atomic E-state index is -0.625. The highest BCUT2D eigenvalue weighted by Gasteiger charge is 2.20. The van der Waals surface area contributed by atoms with Crippen molar-refractivity contribution in [3.63, 3.8) is 0 Å². The summed E-state index contributed by atoms with van der Waals surface area (Å²) in [5.74, 6) is -0.705. The molecule has 8 nitrogen and oxygen atoms in total. The lowest BCUT2D eigenvalue weighted by Gasteiger charge is -2.08. The molecule has 130 valence electrons. The largest absolute Gasteiger partial charge is 0.497 e. The van der Waals surface area contributed by atoms with Crippen molar-refractivity contribution >= 4 is 17.6 Å². The molecule has 2 aromatic rings. The molecule has 8 heteroatoms. The highest BCUT2D eigenvalue weighted by atomic mass is 16.6. The Morgan fingerprint density at radius 1 is 1.12 bits per heavy atom. The van der Waals surface area contributed by atoms with Gasteiger partial charge in [-0.3, -0.25) is 14.9 Å². The van der Waals surface area contributed by atoms with Gasteiger partial charge in [-0.25, -0.2) is 4.79 Å². The molecule has 2 aromatic carbocycles.